The lowest BCUT2D eigenvalue weighted by molar-refractivity contribution is 0.358. The number of rotatable bonds is 8. The summed E-state index contributed by atoms with van der Waals surface area (Å²) in [5, 5.41) is 6.61. The fourth-order valence-corrected chi connectivity index (χ4v) is 2.16. The van der Waals surface area contributed by atoms with Gasteiger partial charge in [-0.15, -0.1) is 24.0 Å². The van der Waals surface area contributed by atoms with Gasteiger partial charge in [0.15, 0.2) is 5.96 Å². The number of halogens is 1. The van der Waals surface area contributed by atoms with Gasteiger partial charge in [-0.05, 0) is 18.2 Å². The van der Waals surface area contributed by atoms with Crippen molar-refractivity contribution in [3.63, 3.8) is 0 Å². The highest BCUT2D eigenvalue weighted by Gasteiger charge is 2.04. The molecule has 130 valence electrons. The molecular formula is C18H25IN4O. The minimum atomic E-state index is 0. The molecule has 24 heavy (non-hydrogen) atoms. The van der Waals surface area contributed by atoms with Crippen LogP contribution in [0.2, 0.25) is 0 Å². The van der Waals surface area contributed by atoms with Crippen LogP contribution in [-0.2, 0) is 13.1 Å². The number of benzene rings is 1. The predicted octanol–water partition coefficient (Wildman–Crippen LogP) is 3.04. The third-order valence-corrected chi connectivity index (χ3v) is 3.33. The Hall–Kier alpha value is -1.96. The SMILES string of the molecule is C=CCOc1ccccc1CNC(=NC)NCCn1cccc1.I. The first-order valence-corrected chi connectivity index (χ1v) is 7.70. The molecule has 5 nitrogen and oxygen atoms in total. The van der Waals surface area contributed by atoms with Crippen LogP contribution in [0, 0.1) is 0 Å². The van der Waals surface area contributed by atoms with Gasteiger partial charge >= 0.3 is 0 Å². The Balaban J connectivity index is 0.00000288. The van der Waals surface area contributed by atoms with E-state index >= 15 is 0 Å². The zero-order valence-electron chi connectivity index (χ0n) is 13.9. The van der Waals surface area contributed by atoms with Gasteiger partial charge in [-0.2, -0.15) is 0 Å². The maximum Gasteiger partial charge on any atom is 0.191 e. The smallest absolute Gasteiger partial charge is 0.191 e. The molecule has 1 aromatic carbocycles. The number of nitrogens with one attached hydrogen (secondary N) is 2. The van der Waals surface area contributed by atoms with Crippen LogP contribution in [0.3, 0.4) is 0 Å². The zero-order valence-corrected chi connectivity index (χ0v) is 16.3. The van der Waals surface area contributed by atoms with Crippen molar-refractivity contribution in [1.82, 2.24) is 15.2 Å². The molecular weight excluding hydrogens is 415 g/mol. The number of para-hydroxylation sites is 1. The summed E-state index contributed by atoms with van der Waals surface area (Å²) in [5.41, 5.74) is 1.09. The summed E-state index contributed by atoms with van der Waals surface area (Å²) in [4.78, 5) is 4.24. The molecule has 0 unspecified atom stereocenters. The normalized spacial score (nSPS) is 10.6. The lowest BCUT2D eigenvalue weighted by atomic mass is 10.2. The molecule has 1 heterocycles. The Labute approximate surface area is 160 Å². The summed E-state index contributed by atoms with van der Waals surface area (Å²) in [7, 11) is 1.77. The Morgan fingerprint density at radius 1 is 1.21 bits per heavy atom. The van der Waals surface area contributed by atoms with Gasteiger partial charge in [-0.3, -0.25) is 4.99 Å². The summed E-state index contributed by atoms with van der Waals surface area (Å²) in [5.74, 6) is 1.64. The second-order valence-electron chi connectivity index (χ2n) is 4.98. The van der Waals surface area contributed by atoms with E-state index < -0.39 is 0 Å². The summed E-state index contributed by atoms with van der Waals surface area (Å²) in [6.07, 6.45) is 5.84. The molecule has 0 saturated heterocycles. The third-order valence-electron chi connectivity index (χ3n) is 3.33. The minimum absolute atomic E-state index is 0. The largest absolute Gasteiger partial charge is 0.489 e. The monoisotopic (exact) mass is 440 g/mol. The van der Waals surface area contributed by atoms with Gasteiger partial charge in [0.05, 0.1) is 0 Å². The first-order chi connectivity index (χ1) is 11.3. The average Bonchev–Trinajstić information content (AvgIpc) is 3.10. The second-order valence-corrected chi connectivity index (χ2v) is 4.98. The Kier molecular flexibility index (Phi) is 9.67. The summed E-state index contributed by atoms with van der Waals surface area (Å²) in [6, 6.07) is 12.0. The van der Waals surface area contributed by atoms with Crippen molar-refractivity contribution in [1.29, 1.82) is 0 Å². The third kappa shape index (κ3) is 6.66. The summed E-state index contributed by atoms with van der Waals surface area (Å²) < 4.78 is 7.78. The quantitative estimate of drug-likeness (QED) is 0.287. The minimum Gasteiger partial charge on any atom is -0.489 e. The highest BCUT2D eigenvalue weighted by Crippen LogP contribution is 2.17. The summed E-state index contributed by atoms with van der Waals surface area (Å²) in [6.45, 7) is 6.53. The van der Waals surface area contributed by atoms with Crippen molar-refractivity contribution < 1.29 is 4.74 Å². The van der Waals surface area contributed by atoms with E-state index in [2.05, 4.69) is 26.8 Å². The van der Waals surface area contributed by atoms with Gasteiger partial charge in [-0.25, -0.2) is 0 Å². The van der Waals surface area contributed by atoms with Gasteiger partial charge < -0.3 is 19.9 Å². The van der Waals surface area contributed by atoms with E-state index in [0.29, 0.717) is 13.2 Å². The molecule has 2 aromatic rings. The Morgan fingerprint density at radius 3 is 2.67 bits per heavy atom. The van der Waals surface area contributed by atoms with Crippen LogP contribution in [0.4, 0.5) is 0 Å². The first-order valence-electron chi connectivity index (χ1n) is 7.70. The first kappa shape index (κ1) is 20.1. The standard InChI is InChI=1S/C18H24N4O.HI/c1-3-14-23-17-9-5-4-8-16(17)15-21-18(19-2)20-10-13-22-11-6-7-12-22;/h3-9,11-12H,1,10,13-15H2,2H3,(H2,19,20,21);1H. The average molecular weight is 440 g/mol. The zero-order chi connectivity index (χ0) is 16.3. The van der Waals surface area contributed by atoms with Crippen molar-refractivity contribution in [2.45, 2.75) is 13.1 Å². The number of hydrogen-bond acceptors (Lipinski definition) is 2. The van der Waals surface area contributed by atoms with E-state index in [1.54, 1.807) is 13.1 Å². The number of aromatic nitrogens is 1. The molecule has 0 fully saturated rings. The van der Waals surface area contributed by atoms with Crippen molar-refractivity contribution in [3.8, 4) is 5.75 Å². The number of guanidine groups is 1. The fraction of sp³-hybridized carbons (Fsp3) is 0.278. The van der Waals surface area contributed by atoms with Crippen LogP contribution in [0.15, 0.2) is 66.4 Å². The van der Waals surface area contributed by atoms with E-state index in [9.17, 15) is 0 Å². The van der Waals surface area contributed by atoms with Crippen molar-refractivity contribution in [2.75, 3.05) is 20.2 Å². The molecule has 0 aliphatic carbocycles. The molecule has 0 bridgehead atoms. The predicted molar refractivity (Wildman–Crippen MR) is 110 cm³/mol. The molecule has 1 aromatic heterocycles. The van der Waals surface area contributed by atoms with Gasteiger partial charge in [0, 0.05) is 44.6 Å². The lowest BCUT2D eigenvalue weighted by Gasteiger charge is -2.14. The molecule has 2 rings (SSSR count). The van der Waals surface area contributed by atoms with Gasteiger partial charge in [0.1, 0.15) is 12.4 Å². The van der Waals surface area contributed by atoms with Crippen LogP contribution >= 0.6 is 24.0 Å². The highest BCUT2D eigenvalue weighted by molar-refractivity contribution is 14.0. The molecule has 0 radical (unpaired) electrons. The van der Waals surface area contributed by atoms with E-state index in [1.165, 1.54) is 0 Å². The van der Waals surface area contributed by atoms with Crippen LogP contribution in [-0.4, -0.2) is 30.7 Å². The van der Waals surface area contributed by atoms with E-state index in [4.69, 9.17) is 4.74 Å². The number of nitrogens with zero attached hydrogens (tertiary/aromatic N) is 2. The van der Waals surface area contributed by atoms with E-state index in [-0.39, 0.29) is 24.0 Å². The van der Waals surface area contributed by atoms with Crippen molar-refractivity contribution >= 4 is 29.9 Å². The van der Waals surface area contributed by atoms with Crippen molar-refractivity contribution in [3.05, 3.63) is 67.0 Å². The van der Waals surface area contributed by atoms with E-state index in [1.807, 2.05) is 48.8 Å². The lowest BCUT2D eigenvalue weighted by Crippen LogP contribution is -2.38. The molecule has 0 aliphatic rings. The van der Waals surface area contributed by atoms with Crippen LogP contribution < -0.4 is 15.4 Å². The molecule has 0 spiro atoms. The number of ether oxygens (including phenoxy) is 1. The van der Waals surface area contributed by atoms with Gasteiger partial charge in [-0.1, -0.05) is 30.9 Å². The topological polar surface area (TPSA) is 50.6 Å². The number of hydrogen-bond donors (Lipinski definition) is 2. The second kappa shape index (κ2) is 11.6. The number of aliphatic imine (C=N–C) groups is 1. The van der Waals surface area contributed by atoms with Gasteiger partial charge in [0.25, 0.3) is 0 Å². The Morgan fingerprint density at radius 2 is 1.96 bits per heavy atom. The maximum atomic E-state index is 5.66. The van der Waals surface area contributed by atoms with Crippen molar-refractivity contribution in [2.24, 2.45) is 4.99 Å². The molecule has 0 amide bonds. The molecule has 0 aliphatic heterocycles. The van der Waals surface area contributed by atoms with Gasteiger partial charge in [0.2, 0.25) is 0 Å². The van der Waals surface area contributed by atoms with Crippen LogP contribution in [0.5, 0.6) is 5.75 Å². The molecule has 0 saturated carbocycles. The van der Waals surface area contributed by atoms with Crippen LogP contribution in [0.1, 0.15) is 5.56 Å². The van der Waals surface area contributed by atoms with E-state index in [0.717, 1.165) is 30.4 Å². The maximum absolute atomic E-state index is 5.66. The molecule has 2 N–H and O–H groups in total. The summed E-state index contributed by atoms with van der Waals surface area (Å²) >= 11 is 0. The highest BCUT2D eigenvalue weighted by atomic mass is 127. The molecule has 0 atom stereocenters. The Bertz CT molecular complexity index is 626. The van der Waals surface area contributed by atoms with Crippen LogP contribution in [0.25, 0.3) is 0 Å². The molecule has 6 heteroatoms. The fourth-order valence-electron chi connectivity index (χ4n) is 2.16.